The number of esters is 2. The van der Waals surface area contributed by atoms with Crippen molar-refractivity contribution in [1.29, 1.82) is 0 Å². The average molecular weight is 1990 g/mol. The normalized spacial score (nSPS) is 37.4. The number of ketones is 6. The van der Waals surface area contributed by atoms with Crippen molar-refractivity contribution in [3.05, 3.63) is 95.2 Å². The number of aliphatic hydroxyl groups excluding tert-OH is 3. The minimum Gasteiger partial charge on any atom is -0.460 e. The zero-order valence-corrected chi connectivity index (χ0v) is 89.1. The van der Waals surface area contributed by atoms with Crippen LogP contribution in [0.25, 0.3) is 0 Å². The van der Waals surface area contributed by atoms with E-state index in [1.54, 1.807) is 95.5 Å². The van der Waals surface area contributed by atoms with Gasteiger partial charge in [-0.05, 0) is 221 Å². The van der Waals surface area contributed by atoms with Crippen molar-refractivity contribution in [2.45, 2.75) is 367 Å². The maximum atomic E-state index is 14.5. The molecular formula is C107H170N2O28P2+2. The van der Waals surface area contributed by atoms with Gasteiger partial charge in [0.2, 0.25) is 17.9 Å². The zero-order chi connectivity index (χ0) is 104. The largest absolute Gasteiger partial charge is 0.460 e. The molecule has 5 N–H and O–H groups in total. The summed E-state index contributed by atoms with van der Waals surface area (Å²) in [4.78, 5) is 144. The molecule has 4 bridgehead atoms. The lowest BCUT2D eigenvalue weighted by molar-refractivity contribution is -0.265. The lowest BCUT2D eigenvalue weighted by Gasteiger charge is -2.42. The number of rotatable bonds is 16. The molecule has 6 heterocycles. The first kappa shape index (κ1) is 121. The molecule has 6 aliphatic heterocycles. The number of carbonyl (C=O) groups is 10. The highest BCUT2D eigenvalue weighted by Gasteiger charge is 2.56. The van der Waals surface area contributed by atoms with E-state index in [2.05, 4.69) is 0 Å². The Bertz CT molecular complexity index is 4310. The Morgan fingerprint density at radius 2 is 0.842 bits per heavy atom. The number of aliphatic hydroxyl groups is 5. The highest BCUT2D eigenvalue weighted by molar-refractivity contribution is 7.43. The molecule has 0 aromatic carbocycles. The number of fused-ring (bicyclic) bond motifs is 6. The van der Waals surface area contributed by atoms with E-state index in [1.165, 1.54) is 24.0 Å². The predicted octanol–water partition coefficient (Wildman–Crippen LogP) is 15.3. The number of piperidine rings is 2. The fraction of sp³-hybridized carbons (Fsp3) is 0.757. The van der Waals surface area contributed by atoms with Crippen molar-refractivity contribution < 1.29 is 135 Å². The predicted molar refractivity (Wildman–Crippen MR) is 532 cm³/mol. The molecule has 0 spiro atoms. The number of methoxy groups -OCH3 is 6. The number of ether oxygens (including phenoxy) is 11. The van der Waals surface area contributed by atoms with Crippen molar-refractivity contribution in [3.8, 4) is 0 Å². The van der Waals surface area contributed by atoms with Crippen LogP contribution in [-0.2, 0) is 109 Å². The van der Waals surface area contributed by atoms with E-state index < -0.39 is 177 Å². The van der Waals surface area contributed by atoms with Crippen LogP contribution in [0.2, 0.25) is 0 Å². The second-order valence-corrected chi connectivity index (χ2v) is 44.4. The lowest BCUT2D eigenvalue weighted by Crippen LogP contribution is -2.61. The summed E-state index contributed by atoms with van der Waals surface area (Å²) in [6, 6.07) is -2.29. The third kappa shape index (κ3) is 35.7. The van der Waals surface area contributed by atoms with Crippen molar-refractivity contribution in [3.63, 3.8) is 0 Å². The second kappa shape index (κ2) is 59.2. The minimum atomic E-state index is -2.44. The first-order valence-corrected chi connectivity index (χ1v) is 54.5. The molecule has 0 aromatic rings. The summed E-state index contributed by atoms with van der Waals surface area (Å²) in [7, 11) is 6.77. The van der Waals surface area contributed by atoms with E-state index in [0.29, 0.717) is 127 Å². The van der Waals surface area contributed by atoms with Gasteiger partial charge in [-0.3, -0.25) is 38.4 Å². The third-order valence-corrected chi connectivity index (χ3v) is 31.3. The van der Waals surface area contributed by atoms with Crippen LogP contribution in [0, 0.1) is 71.0 Å². The number of Topliss-reactive ketones (excluding diaryl/α,β-unsaturated/α-hetero) is 6. The SMILES string of the molecule is CC[P+](C)=O.CO[C@H]1C[C@@H]2CC[C@@H](C)[C@@](O)(O2)C(=O)C(=O)N2CCCC[C@H]2C(=O)O[C@H]([C@H](C)C[C@@H]2CCC(O)[C@H](OC)C2)CC(=O)[C@H](C)/C=C(\C)[C@@H](O)[C@@H](OC)C(=O)[C@H](C)C[C@H](C)/C=C/C=CC=C1C.CO[C@H]1C[C@@H]2CC[C@@H](C)[C@@](O)(O2)C(=O)C(=O)N2CCCC[C@H]2C(=O)O[C@H]([C@H](C)C[C@@H]2CCC(OC[P+](C)=O)[C@H](OC)C2)CC(=O)[C@H](C)/C=C(\C)[C@@H](O)[C@@H](OC)C(=O)[C@H](C)C[C@H](C)/C=C/C=CC=C1C. The van der Waals surface area contributed by atoms with E-state index in [0.717, 1.165) is 30.1 Å². The number of cyclic esters (lactones) is 2. The van der Waals surface area contributed by atoms with Gasteiger partial charge in [0.15, 0.2) is 11.6 Å². The molecule has 2 saturated carbocycles. The van der Waals surface area contributed by atoms with Gasteiger partial charge in [0.25, 0.3) is 23.4 Å². The van der Waals surface area contributed by atoms with Crippen LogP contribution in [0.15, 0.2) is 95.2 Å². The standard InChI is InChI=1S/C53H83NO14P.C51H79NO13.C3H8OP/c1-32-17-13-12-14-18-33(2)44(63-8)29-40-22-20-38(7)53(61,68-40)50(58)51(59)54-24-16-15-19-41(54)52(60)67-45(35(4)27-39-21-23-43(46(28-39)64-9)66-31-69(11)62)30-42(55)34(3)26-37(6)48(57)49(65-10)47(56)36(5)25-32;1-30-16-12-11-13-17-31(2)42(61-8)28-38-21-19-36(7)51(60,65-38)48(57)49(58)52-23-15-14-18-39(52)50(59)64-43(33(4)26-37-20-22-40(53)44(27-37)62-9)29-41(54)32(3)25-35(6)46(56)47(63-10)45(55)34(5)24-30;1-3-5(2)4/h12-14,17-18,26,32,34-36,38-41,43-46,48-49,57,61H,15-16,19-25,27-31H2,1-11H3;11-13,16-17,25,30,32-34,36-40,42-44,46-47,53,56,60H,14-15,18-24,26-29H2,1-10H3;3H2,1-2H3/q+1;;+1/b14-12?,17-13+,33-18?,37-26+;13-11?,16-12+,31-17?,35-25+;/t32-,34-,35-,36-,38-,39+,40+,41+,43?,44+,45+,46-,48-,49+,53-;30-,32-,33-,34-,36-,37+,38+,39+,40?,42+,43+,44-,46-,47+,51-;/m11./s1. The van der Waals surface area contributed by atoms with E-state index in [1.807, 2.05) is 123 Å². The number of allylic oxidation sites excluding steroid dienone is 12. The van der Waals surface area contributed by atoms with Crippen molar-refractivity contribution >= 4 is 74.1 Å². The fourth-order valence-electron chi connectivity index (χ4n) is 20.6. The van der Waals surface area contributed by atoms with E-state index in [-0.39, 0.29) is 122 Å². The topological polar surface area (TPSA) is 414 Å². The van der Waals surface area contributed by atoms with Crippen LogP contribution in [0.3, 0.4) is 0 Å². The molecule has 2 aliphatic carbocycles. The quantitative estimate of drug-likeness (QED) is 0.0415. The van der Waals surface area contributed by atoms with Gasteiger partial charge in [-0.25, -0.2) is 9.59 Å². The number of hydrogen-bond acceptors (Lipinski definition) is 28. The molecule has 30 nitrogen and oxygen atoms in total. The molecule has 6 fully saturated rings. The van der Waals surface area contributed by atoms with Crippen LogP contribution in [0.4, 0.5) is 0 Å². The van der Waals surface area contributed by atoms with Gasteiger partial charge in [-0.15, -0.1) is 0 Å². The molecule has 32 atom stereocenters. The minimum absolute atomic E-state index is 0.0133. The van der Waals surface area contributed by atoms with E-state index in [9.17, 15) is 82.6 Å². The zero-order valence-electron chi connectivity index (χ0n) is 87.3. The Balaban J connectivity index is 0.000000407. The molecule has 2 amide bonds. The average Bonchev–Trinajstić information content (AvgIpc) is 0.776. The first-order valence-electron chi connectivity index (χ1n) is 50.7. The molecule has 0 radical (unpaired) electrons. The Kier molecular flexibility index (Phi) is 51.6. The fourth-order valence-corrected chi connectivity index (χ4v) is 21.0. The second-order valence-electron chi connectivity index (χ2n) is 41.0. The lowest BCUT2D eigenvalue weighted by atomic mass is 9.78. The van der Waals surface area contributed by atoms with Gasteiger partial charge in [-0.1, -0.05) is 151 Å². The molecule has 8 rings (SSSR count). The maximum absolute atomic E-state index is 14.5. The Morgan fingerprint density at radius 3 is 1.21 bits per heavy atom. The van der Waals surface area contributed by atoms with Gasteiger partial charge in [0, 0.05) is 117 Å². The Morgan fingerprint density at radius 1 is 0.453 bits per heavy atom. The Hall–Kier alpha value is -6.54. The molecular weight excluding hydrogens is 1820 g/mol. The van der Waals surface area contributed by atoms with Crippen molar-refractivity contribution in [2.75, 3.05) is 81.6 Å². The van der Waals surface area contributed by atoms with Crippen LogP contribution in [0.5, 0.6) is 0 Å². The molecule has 4 saturated heterocycles. The van der Waals surface area contributed by atoms with E-state index in [4.69, 9.17) is 52.1 Å². The molecule has 4 unspecified atom stereocenters. The van der Waals surface area contributed by atoms with Crippen LogP contribution >= 0.6 is 15.6 Å². The number of carbonyl (C=O) groups excluding carboxylic acids is 10. The molecule has 0 aromatic heterocycles. The monoisotopic (exact) mass is 1990 g/mol. The summed E-state index contributed by atoms with van der Waals surface area (Å²) >= 11 is 0. The van der Waals surface area contributed by atoms with Crippen molar-refractivity contribution in [1.82, 2.24) is 9.80 Å². The van der Waals surface area contributed by atoms with Gasteiger partial charge in [-0.2, -0.15) is 0 Å². The summed E-state index contributed by atoms with van der Waals surface area (Å²) in [5.41, 5.74) is 2.53. The van der Waals surface area contributed by atoms with Crippen LogP contribution < -0.4 is 0 Å². The molecule has 32 heteroatoms. The summed E-state index contributed by atoms with van der Waals surface area (Å²) in [5.74, 6) is -16.0. The molecule has 139 heavy (non-hydrogen) atoms. The van der Waals surface area contributed by atoms with Gasteiger partial charge in [0.05, 0.1) is 48.8 Å². The smallest absolute Gasteiger partial charge is 0.363 e. The van der Waals surface area contributed by atoms with Crippen molar-refractivity contribution in [2.24, 2.45) is 71.0 Å². The van der Waals surface area contributed by atoms with Crippen LogP contribution in [-0.4, -0.2) is 284 Å². The Labute approximate surface area is 829 Å². The number of nitrogens with zero attached hydrogens (tertiary/aromatic N) is 2. The third-order valence-electron chi connectivity index (χ3n) is 29.8. The highest BCUT2D eigenvalue weighted by atomic mass is 31.1. The van der Waals surface area contributed by atoms with E-state index >= 15 is 0 Å². The summed E-state index contributed by atoms with van der Waals surface area (Å²) in [6.07, 6.45) is 23.9. The summed E-state index contributed by atoms with van der Waals surface area (Å²) in [5, 5.41) is 57.3. The number of amides is 2. The van der Waals surface area contributed by atoms with Crippen LogP contribution in [0.1, 0.15) is 258 Å². The first-order chi connectivity index (χ1) is 65.7. The van der Waals surface area contributed by atoms with Gasteiger partial charge >= 0.3 is 27.5 Å². The molecule has 784 valence electrons. The van der Waals surface area contributed by atoms with Gasteiger partial charge < -0.3 is 87.4 Å². The number of hydrogen-bond donors (Lipinski definition) is 5. The summed E-state index contributed by atoms with van der Waals surface area (Å²) < 4.78 is 86.8. The maximum Gasteiger partial charge on any atom is 0.363 e. The highest BCUT2D eigenvalue weighted by Crippen LogP contribution is 2.43. The summed E-state index contributed by atoms with van der Waals surface area (Å²) in [6.45, 7) is 30.8. The van der Waals surface area contributed by atoms with Gasteiger partial charge in [0.1, 0.15) is 79.8 Å². The molecule has 8 aliphatic rings.